The highest BCUT2D eigenvalue weighted by molar-refractivity contribution is 6.21. The van der Waals surface area contributed by atoms with E-state index in [0.29, 0.717) is 11.1 Å². The van der Waals surface area contributed by atoms with E-state index in [9.17, 15) is 14.7 Å². The number of ether oxygens (including phenoxy) is 1. The van der Waals surface area contributed by atoms with Gasteiger partial charge in [-0.2, -0.15) is 0 Å². The summed E-state index contributed by atoms with van der Waals surface area (Å²) in [5, 5.41) is 12.1. The van der Waals surface area contributed by atoms with Gasteiger partial charge in [0.05, 0.1) is 11.1 Å². The molecule has 1 N–H and O–H groups in total. The fourth-order valence-corrected chi connectivity index (χ4v) is 4.22. The molecule has 1 aliphatic heterocycles. The van der Waals surface area contributed by atoms with Crippen molar-refractivity contribution in [3.8, 4) is 16.9 Å². The van der Waals surface area contributed by atoms with Crippen LogP contribution in [0.3, 0.4) is 0 Å². The molecule has 3 aromatic carbocycles. The SMILES string of the molecule is CC1(C)c2ccc3c(c2-c2c1cc(O)c1ccccc21)C(=O)OC3=O. The van der Waals surface area contributed by atoms with Crippen molar-refractivity contribution in [2.24, 2.45) is 0 Å². The summed E-state index contributed by atoms with van der Waals surface area (Å²) >= 11 is 0. The van der Waals surface area contributed by atoms with E-state index >= 15 is 0 Å². The Labute approximate surface area is 143 Å². The van der Waals surface area contributed by atoms with Gasteiger partial charge in [-0.05, 0) is 34.2 Å². The number of aromatic hydroxyl groups is 1. The van der Waals surface area contributed by atoms with Gasteiger partial charge in [0.25, 0.3) is 0 Å². The maximum Gasteiger partial charge on any atom is 0.347 e. The lowest BCUT2D eigenvalue weighted by atomic mass is 9.81. The Morgan fingerprint density at radius 3 is 2.32 bits per heavy atom. The molecule has 25 heavy (non-hydrogen) atoms. The van der Waals surface area contributed by atoms with Gasteiger partial charge >= 0.3 is 11.9 Å². The molecule has 0 saturated carbocycles. The van der Waals surface area contributed by atoms with Gasteiger partial charge in [0.2, 0.25) is 0 Å². The molecule has 0 radical (unpaired) electrons. The van der Waals surface area contributed by atoms with Crippen molar-refractivity contribution in [2.45, 2.75) is 19.3 Å². The lowest BCUT2D eigenvalue weighted by Gasteiger charge is -2.22. The van der Waals surface area contributed by atoms with Crippen LogP contribution in [0, 0.1) is 0 Å². The first kappa shape index (κ1) is 14.2. The maximum atomic E-state index is 12.4. The highest BCUT2D eigenvalue weighted by Gasteiger charge is 2.43. The van der Waals surface area contributed by atoms with Gasteiger partial charge in [-0.1, -0.05) is 44.2 Å². The largest absolute Gasteiger partial charge is 0.507 e. The Morgan fingerprint density at radius 1 is 0.840 bits per heavy atom. The number of carbonyl (C=O) groups excluding carboxylic acids is 2. The number of fused-ring (bicyclic) bond motifs is 7. The van der Waals surface area contributed by atoms with Crippen LogP contribution in [0.2, 0.25) is 0 Å². The van der Waals surface area contributed by atoms with E-state index in [0.717, 1.165) is 33.0 Å². The Balaban J connectivity index is 2.03. The smallest absolute Gasteiger partial charge is 0.347 e. The predicted molar refractivity (Wildman–Crippen MR) is 92.9 cm³/mol. The minimum Gasteiger partial charge on any atom is -0.507 e. The van der Waals surface area contributed by atoms with Crippen LogP contribution in [0.1, 0.15) is 45.7 Å². The van der Waals surface area contributed by atoms with Crippen LogP contribution < -0.4 is 0 Å². The molecule has 1 aliphatic carbocycles. The van der Waals surface area contributed by atoms with Crippen LogP contribution in [-0.2, 0) is 10.2 Å². The van der Waals surface area contributed by atoms with Crippen molar-refractivity contribution in [3.63, 3.8) is 0 Å². The standard InChI is InChI=1S/C21H14O4/c1-21(2)13-8-7-12-17(20(24)25-19(12)23)18(13)16-11-6-4-3-5-10(11)15(22)9-14(16)21/h3-9,22H,1-2H3. The van der Waals surface area contributed by atoms with Gasteiger partial charge in [-0.15, -0.1) is 0 Å². The summed E-state index contributed by atoms with van der Waals surface area (Å²) in [7, 11) is 0. The van der Waals surface area contributed by atoms with Crippen molar-refractivity contribution in [1.82, 2.24) is 0 Å². The van der Waals surface area contributed by atoms with Gasteiger partial charge in [-0.25, -0.2) is 9.59 Å². The second-order valence-corrected chi connectivity index (χ2v) is 7.08. The van der Waals surface area contributed by atoms with Crippen molar-refractivity contribution in [3.05, 3.63) is 64.7 Å². The van der Waals surface area contributed by atoms with Crippen LogP contribution in [0.15, 0.2) is 42.5 Å². The van der Waals surface area contributed by atoms with E-state index in [-0.39, 0.29) is 5.75 Å². The Hall–Kier alpha value is -3.14. The number of esters is 2. The molecule has 0 spiro atoms. The van der Waals surface area contributed by atoms with Crippen LogP contribution in [-0.4, -0.2) is 17.0 Å². The van der Waals surface area contributed by atoms with Gasteiger partial charge in [0.1, 0.15) is 5.75 Å². The molecule has 1 heterocycles. The first-order valence-corrected chi connectivity index (χ1v) is 8.11. The van der Waals surface area contributed by atoms with Gasteiger partial charge in [0, 0.05) is 16.4 Å². The average Bonchev–Trinajstić information content (AvgIpc) is 3.00. The second-order valence-electron chi connectivity index (χ2n) is 7.08. The zero-order valence-electron chi connectivity index (χ0n) is 13.7. The summed E-state index contributed by atoms with van der Waals surface area (Å²) in [5.74, 6) is -0.986. The Morgan fingerprint density at radius 2 is 1.56 bits per heavy atom. The molecule has 5 rings (SSSR count). The average molecular weight is 330 g/mol. The third-order valence-corrected chi connectivity index (χ3v) is 5.43. The number of cyclic esters (lactones) is 2. The van der Waals surface area contributed by atoms with E-state index in [2.05, 4.69) is 13.8 Å². The summed E-state index contributed by atoms with van der Waals surface area (Å²) in [6.45, 7) is 4.11. The Kier molecular flexibility index (Phi) is 2.43. The number of hydrogen-bond acceptors (Lipinski definition) is 4. The van der Waals surface area contributed by atoms with E-state index in [1.807, 2.05) is 30.3 Å². The summed E-state index contributed by atoms with van der Waals surface area (Å²) in [6.07, 6.45) is 0. The number of hydrogen-bond donors (Lipinski definition) is 1. The highest BCUT2D eigenvalue weighted by atomic mass is 16.6. The summed E-state index contributed by atoms with van der Waals surface area (Å²) < 4.78 is 4.85. The molecule has 122 valence electrons. The van der Waals surface area contributed by atoms with Crippen molar-refractivity contribution >= 4 is 22.7 Å². The zero-order chi connectivity index (χ0) is 17.5. The molecule has 0 saturated heterocycles. The minimum atomic E-state index is -0.600. The zero-order valence-corrected chi connectivity index (χ0v) is 13.7. The van der Waals surface area contributed by atoms with Gasteiger partial charge in [0.15, 0.2) is 0 Å². The molecule has 0 bridgehead atoms. The quantitative estimate of drug-likeness (QED) is 0.496. The molecular weight excluding hydrogens is 316 g/mol. The van der Waals surface area contributed by atoms with Gasteiger partial charge < -0.3 is 9.84 Å². The third-order valence-electron chi connectivity index (χ3n) is 5.43. The second kappa shape index (κ2) is 4.28. The van der Waals surface area contributed by atoms with Gasteiger partial charge in [-0.3, -0.25) is 0 Å². The minimum absolute atomic E-state index is 0.213. The predicted octanol–water partition coefficient (Wildman–Crippen LogP) is 4.16. The lowest BCUT2D eigenvalue weighted by Crippen LogP contribution is -2.15. The Bertz CT molecular complexity index is 1140. The van der Waals surface area contributed by atoms with Crippen LogP contribution >= 0.6 is 0 Å². The molecule has 0 amide bonds. The van der Waals surface area contributed by atoms with E-state index in [4.69, 9.17) is 4.74 Å². The number of phenols is 1. The number of rotatable bonds is 0. The molecule has 4 nitrogen and oxygen atoms in total. The first-order valence-electron chi connectivity index (χ1n) is 8.11. The first-order chi connectivity index (χ1) is 11.9. The molecule has 2 aliphatic rings. The third kappa shape index (κ3) is 1.56. The van der Waals surface area contributed by atoms with Crippen LogP contribution in [0.5, 0.6) is 5.75 Å². The molecular formula is C21H14O4. The normalized spacial score (nSPS) is 16.6. The van der Waals surface area contributed by atoms with E-state index < -0.39 is 17.4 Å². The molecule has 0 atom stereocenters. The molecule has 3 aromatic rings. The van der Waals surface area contributed by atoms with Crippen LogP contribution in [0.4, 0.5) is 0 Å². The van der Waals surface area contributed by atoms with Crippen molar-refractivity contribution in [2.75, 3.05) is 0 Å². The molecule has 0 fully saturated rings. The number of carbonyl (C=O) groups is 2. The number of phenolic OH excluding ortho intramolecular Hbond substituents is 1. The van der Waals surface area contributed by atoms with Crippen LogP contribution in [0.25, 0.3) is 21.9 Å². The highest BCUT2D eigenvalue weighted by Crippen LogP contribution is 2.55. The fraction of sp³-hybridized carbons (Fsp3) is 0.143. The summed E-state index contributed by atoms with van der Waals surface area (Å²) in [6, 6.07) is 12.9. The molecule has 0 aromatic heterocycles. The van der Waals surface area contributed by atoms with E-state index in [1.54, 1.807) is 12.1 Å². The monoisotopic (exact) mass is 330 g/mol. The summed E-state index contributed by atoms with van der Waals surface area (Å²) in [5.41, 5.74) is 3.81. The van der Waals surface area contributed by atoms with Crippen molar-refractivity contribution < 1.29 is 19.4 Å². The van der Waals surface area contributed by atoms with Crippen molar-refractivity contribution in [1.29, 1.82) is 0 Å². The number of benzene rings is 3. The summed E-state index contributed by atoms with van der Waals surface area (Å²) in [4.78, 5) is 24.4. The van der Waals surface area contributed by atoms with E-state index in [1.165, 1.54) is 0 Å². The molecule has 0 unspecified atom stereocenters. The lowest BCUT2D eigenvalue weighted by molar-refractivity contribution is 0.0444. The fourth-order valence-electron chi connectivity index (χ4n) is 4.22. The molecule has 4 heteroatoms. The topological polar surface area (TPSA) is 63.6 Å². The maximum absolute atomic E-state index is 12.4.